The molecule has 0 fully saturated rings. The lowest BCUT2D eigenvalue weighted by atomic mass is 9.98. The van der Waals surface area contributed by atoms with E-state index in [9.17, 15) is 0 Å². The molecule has 0 bridgehead atoms. The number of hydrogen-bond acceptors (Lipinski definition) is 2. The third kappa shape index (κ3) is 6.52. The van der Waals surface area contributed by atoms with Crippen molar-refractivity contribution in [2.24, 2.45) is 0 Å². The second-order valence-electron chi connectivity index (χ2n) is 5.90. The first kappa shape index (κ1) is 18.0. The SMILES string of the molecule is CCCCCCCCC(NCC)c1ccc(OC)c(C)c1. The van der Waals surface area contributed by atoms with E-state index in [4.69, 9.17) is 4.74 Å². The molecule has 0 aliphatic carbocycles. The zero-order valence-corrected chi connectivity index (χ0v) is 14.4. The molecule has 1 rings (SSSR count). The van der Waals surface area contributed by atoms with Gasteiger partial charge in [0.2, 0.25) is 0 Å². The second-order valence-corrected chi connectivity index (χ2v) is 5.90. The average Bonchev–Trinajstić information content (AvgIpc) is 2.49. The maximum absolute atomic E-state index is 5.36. The van der Waals surface area contributed by atoms with Crippen LogP contribution in [0.1, 0.15) is 76.0 Å². The Balaban J connectivity index is 2.50. The number of rotatable bonds is 11. The van der Waals surface area contributed by atoms with E-state index in [1.165, 1.54) is 56.1 Å². The summed E-state index contributed by atoms with van der Waals surface area (Å²) in [7, 11) is 1.74. The van der Waals surface area contributed by atoms with Crippen LogP contribution in [0.5, 0.6) is 5.75 Å². The molecule has 1 N–H and O–H groups in total. The molecular formula is C19H33NO. The molecule has 120 valence electrons. The maximum atomic E-state index is 5.36. The first-order valence-electron chi connectivity index (χ1n) is 8.60. The fraction of sp³-hybridized carbons (Fsp3) is 0.684. The first-order chi connectivity index (χ1) is 10.2. The van der Waals surface area contributed by atoms with Crippen LogP contribution in [0, 0.1) is 6.92 Å². The Morgan fingerprint density at radius 2 is 1.76 bits per heavy atom. The van der Waals surface area contributed by atoms with Gasteiger partial charge in [-0.1, -0.05) is 64.5 Å². The van der Waals surface area contributed by atoms with Crippen molar-refractivity contribution in [2.75, 3.05) is 13.7 Å². The molecule has 0 heterocycles. The summed E-state index contributed by atoms with van der Waals surface area (Å²) in [6.45, 7) is 7.60. The minimum absolute atomic E-state index is 0.478. The van der Waals surface area contributed by atoms with Gasteiger partial charge in [0, 0.05) is 6.04 Å². The fourth-order valence-corrected chi connectivity index (χ4v) is 2.88. The number of methoxy groups -OCH3 is 1. The van der Waals surface area contributed by atoms with E-state index in [0.717, 1.165) is 12.3 Å². The van der Waals surface area contributed by atoms with Gasteiger partial charge in [-0.2, -0.15) is 0 Å². The summed E-state index contributed by atoms with van der Waals surface area (Å²) >= 11 is 0. The summed E-state index contributed by atoms with van der Waals surface area (Å²) in [6, 6.07) is 7.04. The van der Waals surface area contributed by atoms with E-state index in [1.807, 2.05) is 0 Å². The summed E-state index contributed by atoms with van der Waals surface area (Å²) in [4.78, 5) is 0. The summed E-state index contributed by atoms with van der Waals surface area (Å²) in [5.74, 6) is 0.980. The van der Waals surface area contributed by atoms with E-state index in [0.29, 0.717) is 6.04 Å². The molecular weight excluding hydrogens is 258 g/mol. The van der Waals surface area contributed by atoms with Crippen molar-refractivity contribution in [1.29, 1.82) is 0 Å². The number of hydrogen-bond donors (Lipinski definition) is 1. The normalized spacial score (nSPS) is 12.4. The Hall–Kier alpha value is -1.02. The van der Waals surface area contributed by atoms with Crippen LogP contribution < -0.4 is 10.1 Å². The van der Waals surface area contributed by atoms with E-state index in [2.05, 4.69) is 44.3 Å². The van der Waals surface area contributed by atoms with Gasteiger partial charge in [0.15, 0.2) is 0 Å². The highest BCUT2D eigenvalue weighted by Crippen LogP contribution is 2.25. The minimum atomic E-state index is 0.478. The van der Waals surface area contributed by atoms with Crippen molar-refractivity contribution in [3.63, 3.8) is 0 Å². The maximum Gasteiger partial charge on any atom is 0.121 e. The van der Waals surface area contributed by atoms with Crippen molar-refractivity contribution in [1.82, 2.24) is 5.32 Å². The van der Waals surface area contributed by atoms with Gasteiger partial charge < -0.3 is 10.1 Å². The Bertz CT molecular complexity index is 389. The Morgan fingerprint density at radius 3 is 2.38 bits per heavy atom. The molecule has 1 aromatic carbocycles. The van der Waals surface area contributed by atoms with E-state index in [1.54, 1.807) is 7.11 Å². The van der Waals surface area contributed by atoms with Gasteiger partial charge in [0.05, 0.1) is 7.11 Å². The fourth-order valence-electron chi connectivity index (χ4n) is 2.88. The quantitative estimate of drug-likeness (QED) is 0.551. The molecule has 0 saturated heterocycles. The second kappa shape index (κ2) is 10.7. The summed E-state index contributed by atoms with van der Waals surface area (Å²) in [6.07, 6.45) is 9.38. The molecule has 0 aromatic heterocycles. The molecule has 0 saturated carbocycles. The van der Waals surface area contributed by atoms with Crippen molar-refractivity contribution in [3.05, 3.63) is 29.3 Å². The monoisotopic (exact) mass is 291 g/mol. The standard InChI is InChI=1S/C19H33NO/c1-5-7-8-9-10-11-12-18(20-6-2)17-13-14-19(21-4)16(3)15-17/h13-15,18,20H,5-12H2,1-4H3. The molecule has 0 aliphatic heterocycles. The Labute approximate surface area is 131 Å². The van der Waals surface area contributed by atoms with Gasteiger partial charge >= 0.3 is 0 Å². The Kier molecular flexibility index (Phi) is 9.16. The summed E-state index contributed by atoms with van der Waals surface area (Å²) in [5.41, 5.74) is 2.62. The average molecular weight is 291 g/mol. The minimum Gasteiger partial charge on any atom is -0.496 e. The number of nitrogens with one attached hydrogen (secondary N) is 1. The molecule has 0 aliphatic rings. The first-order valence-corrected chi connectivity index (χ1v) is 8.60. The van der Waals surface area contributed by atoms with Crippen LogP contribution in [0.4, 0.5) is 0 Å². The Morgan fingerprint density at radius 1 is 1.05 bits per heavy atom. The zero-order valence-electron chi connectivity index (χ0n) is 14.4. The molecule has 2 nitrogen and oxygen atoms in total. The van der Waals surface area contributed by atoms with Crippen LogP contribution in [0.3, 0.4) is 0 Å². The molecule has 0 amide bonds. The molecule has 1 atom stereocenters. The summed E-state index contributed by atoms with van der Waals surface area (Å²) < 4.78 is 5.36. The topological polar surface area (TPSA) is 21.3 Å². The summed E-state index contributed by atoms with van der Waals surface area (Å²) in [5, 5.41) is 3.62. The van der Waals surface area contributed by atoms with Crippen LogP contribution in [0.25, 0.3) is 0 Å². The molecule has 0 spiro atoms. The van der Waals surface area contributed by atoms with Crippen LogP contribution in [0.2, 0.25) is 0 Å². The molecule has 21 heavy (non-hydrogen) atoms. The highest BCUT2D eigenvalue weighted by atomic mass is 16.5. The lowest BCUT2D eigenvalue weighted by Gasteiger charge is -2.19. The van der Waals surface area contributed by atoms with E-state index < -0.39 is 0 Å². The number of aryl methyl sites for hydroxylation is 1. The van der Waals surface area contributed by atoms with Crippen LogP contribution in [-0.2, 0) is 0 Å². The van der Waals surface area contributed by atoms with Gasteiger partial charge in [-0.3, -0.25) is 0 Å². The van der Waals surface area contributed by atoms with Crippen molar-refractivity contribution in [2.45, 2.75) is 71.8 Å². The van der Waals surface area contributed by atoms with Gasteiger partial charge in [-0.25, -0.2) is 0 Å². The van der Waals surface area contributed by atoms with Gasteiger partial charge in [-0.15, -0.1) is 0 Å². The lowest BCUT2D eigenvalue weighted by molar-refractivity contribution is 0.410. The van der Waals surface area contributed by atoms with Crippen LogP contribution >= 0.6 is 0 Å². The molecule has 2 heteroatoms. The largest absolute Gasteiger partial charge is 0.496 e. The molecule has 1 aromatic rings. The van der Waals surface area contributed by atoms with Crippen molar-refractivity contribution < 1.29 is 4.74 Å². The van der Waals surface area contributed by atoms with Crippen molar-refractivity contribution in [3.8, 4) is 5.75 Å². The van der Waals surface area contributed by atoms with Gasteiger partial charge in [0.1, 0.15) is 5.75 Å². The van der Waals surface area contributed by atoms with Crippen LogP contribution in [-0.4, -0.2) is 13.7 Å². The van der Waals surface area contributed by atoms with E-state index in [-0.39, 0.29) is 0 Å². The number of ether oxygens (including phenoxy) is 1. The lowest BCUT2D eigenvalue weighted by Crippen LogP contribution is -2.21. The third-order valence-corrected chi connectivity index (χ3v) is 4.12. The van der Waals surface area contributed by atoms with Gasteiger partial charge in [-0.05, 0) is 37.1 Å². The van der Waals surface area contributed by atoms with E-state index >= 15 is 0 Å². The third-order valence-electron chi connectivity index (χ3n) is 4.12. The zero-order chi connectivity index (χ0) is 15.5. The number of benzene rings is 1. The van der Waals surface area contributed by atoms with Gasteiger partial charge in [0.25, 0.3) is 0 Å². The molecule has 1 unspecified atom stereocenters. The number of unbranched alkanes of at least 4 members (excludes halogenated alkanes) is 5. The van der Waals surface area contributed by atoms with Crippen molar-refractivity contribution >= 4 is 0 Å². The predicted molar refractivity (Wildman–Crippen MR) is 92.1 cm³/mol. The molecule has 0 radical (unpaired) electrons. The smallest absolute Gasteiger partial charge is 0.121 e. The van der Waals surface area contributed by atoms with Crippen LogP contribution in [0.15, 0.2) is 18.2 Å². The highest BCUT2D eigenvalue weighted by Gasteiger charge is 2.11. The predicted octanol–water partition coefficient (Wildman–Crippen LogP) is 5.40. The highest BCUT2D eigenvalue weighted by molar-refractivity contribution is 5.37.